The molecule has 0 atom stereocenters. The van der Waals surface area contributed by atoms with Crippen LogP contribution in [-0.2, 0) is 24.3 Å². The first-order valence-corrected chi connectivity index (χ1v) is 11.2. The van der Waals surface area contributed by atoms with Crippen molar-refractivity contribution in [2.24, 2.45) is 0 Å². The number of carbonyl (C=O) groups excluding carboxylic acids is 1. The lowest BCUT2D eigenvalue weighted by atomic mass is 9.95. The molecule has 0 spiro atoms. The summed E-state index contributed by atoms with van der Waals surface area (Å²) in [6, 6.07) is 17.6. The van der Waals surface area contributed by atoms with Crippen LogP contribution in [0.4, 0.5) is 0 Å². The molecular weight excluding hydrogens is 404 g/mol. The largest absolute Gasteiger partial charge is 0.497 e. The molecule has 4 rings (SSSR count). The molecule has 1 aliphatic rings. The van der Waals surface area contributed by atoms with Crippen molar-refractivity contribution in [2.75, 3.05) is 20.2 Å². The van der Waals surface area contributed by atoms with Crippen LogP contribution in [0.5, 0.6) is 5.75 Å². The molecule has 2 aromatic carbocycles. The number of rotatable bonds is 7. The topological polar surface area (TPSA) is 69.4 Å². The molecule has 0 saturated carbocycles. The molecule has 3 aromatic rings. The van der Waals surface area contributed by atoms with Gasteiger partial charge in [0.2, 0.25) is 5.91 Å². The third kappa shape index (κ3) is 4.77. The Labute approximate surface area is 188 Å². The van der Waals surface area contributed by atoms with E-state index in [1.165, 1.54) is 0 Å². The molecule has 1 fully saturated rings. The standard InChI is InChI=1S/C25H30N4O3/c1-3-28-24(26-29(25(28)31)18-19-8-5-4-6-9-19)21-12-14-27(15-13-21)23(30)17-20-10-7-11-22(16-20)32-2/h4-11,16,21H,3,12-15,17-18H2,1-2H3. The van der Waals surface area contributed by atoms with Crippen molar-refractivity contribution >= 4 is 5.91 Å². The van der Waals surface area contributed by atoms with Crippen LogP contribution in [-0.4, -0.2) is 45.4 Å². The molecular formula is C25H30N4O3. The van der Waals surface area contributed by atoms with Gasteiger partial charge in [0.25, 0.3) is 0 Å². The van der Waals surface area contributed by atoms with Gasteiger partial charge in [-0.3, -0.25) is 9.36 Å². The second-order valence-corrected chi connectivity index (χ2v) is 8.21. The Hall–Kier alpha value is -3.35. The monoisotopic (exact) mass is 434 g/mol. The number of hydrogen-bond donors (Lipinski definition) is 0. The van der Waals surface area contributed by atoms with Gasteiger partial charge in [0.1, 0.15) is 11.6 Å². The molecule has 168 valence electrons. The summed E-state index contributed by atoms with van der Waals surface area (Å²) in [5.74, 6) is 1.91. The fourth-order valence-corrected chi connectivity index (χ4v) is 4.37. The number of benzene rings is 2. The summed E-state index contributed by atoms with van der Waals surface area (Å²) >= 11 is 0. The minimum absolute atomic E-state index is 0.0668. The molecule has 1 aliphatic heterocycles. The van der Waals surface area contributed by atoms with Crippen LogP contribution in [0.25, 0.3) is 0 Å². The van der Waals surface area contributed by atoms with Gasteiger partial charge in [0.15, 0.2) is 0 Å². The van der Waals surface area contributed by atoms with E-state index in [1.54, 1.807) is 16.4 Å². The van der Waals surface area contributed by atoms with Crippen molar-refractivity contribution in [1.82, 2.24) is 19.2 Å². The van der Waals surface area contributed by atoms with Gasteiger partial charge in [-0.1, -0.05) is 42.5 Å². The summed E-state index contributed by atoms with van der Waals surface area (Å²) in [5, 5.41) is 4.71. The summed E-state index contributed by atoms with van der Waals surface area (Å²) in [6.07, 6.45) is 1.99. The van der Waals surface area contributed by atoms with Gasteiger partial charge in [-0.2, -0.15) is 5.10 Å². The van der Waals surface area contributed by atoms with E-state index in [0.717, 1.165) is 35.5 Å². The summed E-state index contributed by atoms with van der Waals surface area (Å²) in [7, 11) is 1.63. The number of piperidine rings is 1. The van der Waals surface area contributed by atoms with Crippen LogP contribution in [0.15, 0.2) is 59.4 Å². The van der Waals surface area contributed by atoms with Crippen LogP contribution in [0.1, 0.15) is 42.6 Å². The van der Waals surface area contributed by atoms with Crippen molar-refractivity contribution in [1.29, 1.82) is 0 Å². The molecule has 0 aliphatic carbocycles. The highest BCUT2D eigenvalue weighted by Crippen LogP contribution is 2.27. The minimum atomic E-state index is -0.0668. The Balaban J connectivity index is 1.42. The quantitative estimate of drug-likeness (QED) is 0.573. The Morgan fingerprint density at radius 3 is 2.47 bits per heavy atom. The van der Waals surface area contributed by atoms with Crippen molar-refractivity contribution in [3.8, 4) is 5.75 Å². The number of nitrogens with zero attached hydrogens (tertiary/aromatic N) is 4. The third-order valence-electron chi connectivity index (χ3n) is 6.15. The molecule has 0 unspecified atom stereocenters. The zero-order valence-electron chi connectivity index (χ0n) is 18.7. The lowest BCUT2D eigenvalue weighted by Crippen LogP contribution is -2.39. The van der Waals surface area contributed by atoms with Gasteiger partial charge in [-0.15, -0.1) is 0 Å². The number of likely N-dealkylation sites (tertiary alicyclic amines) is 1. The van der Waals surface area contributed by atoms with Gasteiger partial charge in [0, 0.05) is 25.6 Å². The van der Waals surface area contributed by atoms with Gasteiger partial charge in [-0.25, -0.2) is 9.48 Å². The molecule has 1 aromatic heterocycles. The lowest BCUT2D eigenvalue weighted by molar-refractivity contribution is -0.131. The summed E-state index contributed by atoms with van der Waals surface area (Å²) in [5.41, 5.74) is 1.94. The fourth-order valence-electron chi connectivity index (χ4n) is 4.37. The molecule has 0 radical (unpaired) electrons. The first-order valence-electron chi connectivity index (χ1n) is 11.2. The normalized spacial score (nSPS) is 14.5. The lowest BCUT2D eigenvalue weighted by Gasteiger charge is -2.31. The zero-order chi connectivity index (χ0) is 22.5. The van der Waals surface area contributed by atoms with Crippen LogP contribution < -0.4 is 10.4 Å². The SMILES string of the molecule is CCn1c(C2CCN(C(=O)Cc3cccc(OC)c3)CC2)nn(Cc2ccccc2)c1=O. The first-order chi connectivity index (χ1) is 15.6. The summed E-state index contributed by atoms with van der Waals surface area (Å²) < 4.78 is 8.60. The first kappa shape index (κ1) is 21.9. The summed E-state index contributed by atoms with van der Waals surface area (Å²) in [6.45, 7) is 4.40. The number of carbonyl (C=O) groups is 1. The Bertz CT molecular complexity index is 1110. The predicted molar refractivity (Wildman–Crippen MR) is 123 cm³/mol. The third-order valence-corrected chi connectivity index (χ3v) is 6.15. The van der Waals surface area contributed by atoms with E-state index in [4.69, 9.17) is 9.84 Å². The Morgan fingerprint density at radius 1 is 1.06 bits per heavy atom. The van der Waals surface area contributed by atoms with Crippen molar-refractivity contribution in [2.45, 2.75) is 45.2 Å². The second-order valence-electron chi connectivity index (χ2n) is 8.21. The predicted octanol–water partition coefficient (Wildman–Crippen LogP) is 3.07. The van der Waals surface area contributed by atoms with Gasteiger partial charge < -0.3 is 9.64 Å². The Kier molecular flexibility index (Phi) is 6.73. The molecule has 7 heteroatoms. The highest BCUT2D eigenvalue weighted by molar-refractivity contribution is 5.79. The van der Waals surface area contributed by atoms with E-state index in [1.807, 2.05) is 66.4 Å². The van der Waals surface area contributed by atoms with Crippen molar-refractivity contribution < 1.29 is 9.53 Å². The second kappa shape index (κ2) is 9.85. The summed E-state index contributed by atoms with van der Waals surface area (Å²) in [4.78, 5) is 27.6. The highest BCUT2D eigenvalue weighted by atomic mass is 16.5. The minimum Gasteiger partial charge on any atom is -0.497 e. The molecule has 0 bridgehead atoms. The van der Waals surface area contributed by atoms with E-state index in [-0.39, 0.29) is 17.5 Å². The molecule has 0 N–H and O–H groups in total. The zero-order valence-corrected chi connectivity index (χ0v) is 18.7. The van der Waals surface area contributed by atoms with Crippen LogP contribution in [0.2, 0.25) is 0 Å². The maximum atomic E-state index is 12.9. The molecule has 1 saturated heterocycles. The smallest absolute Gasteiger partial charge is 0.346 e. The van der Waals surface area contributed by atoms with E-state index < -0.39 is 0 Å². The van der Waals surface area contributed by atoms with Crippen LogP contribution in [0.3, 0.4) is 0 Å². The number of hydrogen-bond acceptors (Lipinski definition) is 4. The van der Waals surface area contributed by atoms with E-state index in [2.05, 4.69) is 0 Å². The van der Waals surface area contributed by atoms with E-state index >= 15 is 0 Å². The molecule has 1 amide bonds. The van der Waals surface area contributed by atoms with Crippen LogP contribution in [0, 0.1) is 0 Å². The van der Waals surface area contributed by atoms with E-state index in [9.17, 15) is 9.59 Å². The van der Waals surface area contributed by atoms with Crippen molar-refractivity contribution in [3.63, 3.8) is 0 Å². The van der Waals surface area contributed by atoms with E-state index in [0.29, 0.717) is 32.6 Å². The molecule has 2 heterocycles. The van der Waals surface area contributed by atoms with Gasteiger partial charge >= 0.3 is 5.69 Å². The molecule has 32 heavy (non-hydrogen) atoms. The number of amides is 1. The number of ether oxygens (including phenoxy) is 1. The fraction of sp³-hybridized carbons (Fsp3) is 0.400. The highest BCUT2D eigenvalue weighted by Gasteiger charge is 2.28. The average molecular weight is 435 g/mol. The maximum Gasteiger partial charge on any atom is 0.346 e. The van der Waals surface area contributed by atoms with Gasteiger partial charge in [0.05, 0.1) is 20.1 Å². The Morgan fingerprint density at radius 2 is 1.78 bits per heavy atom. The number of methoxy groups -OCH3 is 1. The maximum absolute atomic E-state index is 12.9. The van der Waals surface area contributed by atoms with Crippen LogP contribution >= 0.6 is 0 Å². The van der Waals surface area contributed by atoms with Gasteiger partial charge in [-0.05, 0) is 43.0 Å². The molecule has 7 nitrogen and oxygen atoms in total. The van der Waals surface area contributed by atoms with Crippen molar-refractivity contribution in [3.05, 3.63) is 82.0 Å². The number of aromatic nitrogens is 3. The average Bonchev–Trinajstić information content (AvgIpc) is 3.14.